The lowest BCUT2D eigenvalue weighted by Gasteiger charge is -2.28. The van der Waals surface area contributed by atoms with E-state index in [0.717, 1.165) is 13.0 Å². The number of anilines is 1. The maximum absolute atomic E-state index is 12.1. The molecule has 0 amide bonds. The zero-order chi connectivity index (χ0) is 17.6. The van der Waals surface area contributed by atoms with Crippen LogP contribution in [0.25, 0.3) is 0 Å². The van der Waals surface area contributed by atoms with Gasteiger partial charge >= 0.3 is 0 Å². The van der Waals surface area contributed by atoms with Gasteiger partial charge < -0.3 is 4.90 Å². The van der Waals surface area contributed by atoms with Gasteiger partial charge in [0, 0.05) is 17.9 Å². The predicted molar refractivity (Wildman–Crippen MR) is 106 cm³/mol. The first-order chi connectivity index (χ1) is 12.0. The molecule has 4 rings (SSSR count). The van der Waals surface area contributed by atoms with E-state index in [1.165, 1.54) is 46.9 Å². The molecule has 3 heteroatoms. The number of aryl methyl sites for hydroxylation is 1. The lowest BCUT2D eigenvalue weighted by atomic mass is 9.77. The first-order valence-corrected chi connectivity index (χ1v) is 10.3. The van der Waals surface area contributed by atoms with Gasteiger partial charge in [-0.15, -0.1) is 0 Å². The zero-order valence-electron chi connectivity index (χ0n) is 15.5. The van der Waals surface area contributed by atoms with Crippen molar-refractivity contribution in [2.24, 2.45) is 5.41 Å². The summed E-state index contributed by atoms with van der Waals surface area (Å²) in [6, 6.07) is 4.65. The Morgan fingerprint density at radius 2 is 2.00 bits per heavy atom. The van der Waals surface area contributed by atoms with Crippen molar-refractivity contribution in [3.63, 3.8) is 0 Å². The van der Waals surface area contributed by atoms with Crippen molar-refractivity contribution in [2.75, 3.05) is 11.4 Å². The first-order valence-electron chi connectivity index (χ1n) is 9.52. The van der Waals surface area contributed by atoms with Crippen LogP contribution in [0.2, 0.25) is 0 Å². The van der Waals surface area contributed by atoms with Gasteiger partial charge in [-0.2, -0.15) is 0 Å². The van der Waals surface area contributed by atoms with Crippen LogP contribution >= 0.6 is 11.8 Å². The molecule has 1 heterocycles. The number of rotatable bonds is 2. The van der Waals surface area contributed by atoms with E-state index in [1.54, 1.807) is 11.1 Å². The van der Waals surface area contributed by atoms with E-state index in [0.29, 0.717) is 6.42 Å². The first kappa shape index (κ1) is 17.0. The van der Waals surface area contributed by atoms with Gasteiger partial charge in [-0.05, 0) is 79.4 Å². The minimum Gasteiger partial charge on any atom is -0.335 e. The summed E-state index contributed by atoms with van der Waals surface area (Å²) in [5.41, 5.74) is 5.74. The van der Waals surface area contributed by atoms with Crippen molar-refractivity contribution in [1.82, 2.24) is 0 Å². The molecular weight excluding hydrogens is 326 g/mol. The van der Waals surface area contributed by atoms with E-state index in [-0.39, 0.29) is 11.2 Å². The highest BCUT2D eigenvalue weighted by atomic mass is 32.2. The second kappa shape index (κ2) is 6.35. The minimum absolute atomic E-state index is 0.0740. The molecule has 2 aliphatic carbocycles. The Morgan fingerprint density at radius 1 is 1.20 bits per heavy atom. The number of benzene rings is 1. The lowest BCUT2D eigenvalue weighted by Crippen LogP contribution is -2.22. The van der Waals surface area contributed by atoms with Crippen LogP contribution in [-0.4, -0.2) is 12.3 Å². The van der Waals surface area contributed by atoms with Gasteiger partial charge in [0.25, 0.3) is 0 Å². The van der Waals surface area contributed by atoms with E-state index in [1.807, 2.05) is 17.8 Å². The number of thioether (sulfide) groups is 1. The van der Waals surface area contributed by atoms with Gasteiger partial charge in [0.2, 0.25) is 0 Å². The van der Waals surface area contributed by atoms with E-state index in [2.05, 4.69) is 43.9 Å². The molecular formula is C22H27NOS. The SMILES string of the molecule is CCN1C(=CC2=CC(=O)CC(C)(C)C2)Sc2c1ccc1c2CCCC1. The molecule has 25 heavy (non-hydrogen) atoms. The number of ketones is 1. The Hall–Kier alpha value is -1.48. The van der Waals surface area contributed by atoms with Gasteiger partial charge in [-0.1, -0.05) is 31.7 Å². The molecule has 1 aromatic carbocycles. The third kappa shape index (κ3) is 3.19. The maximum Gasteiger partial charge on any atom is 0.156 e. The van der Waals surface area contributed by atoms with Crippen LogP contribution in [0.1, 0.15) is 57.6 Å². The molecule has 0 radical (unpaired) electrons. The number of carbonyl (C=O) groups excluding carboxylic acids is 1. The molecule has 132 valence electrons. The number of carbonyl (C=O) groups is 1. The summed E-state index contributed by atoms with van der Waals surface area (Å²) in [7, 11) is 0. The van der Waals surface area contributed by atoms with Gasteiger partial charge in [-0.3, -0.25) is 4.79 Å². The van der Waals surface area contributed by atoms with Crippen molar-refractivity contribution in [3.05, 3.63) is 46.0 Å². The normalized spacial score (nSPS) is 23.5. The Labute approximate surface area is 155 Å². The molecule has 0 saturated carbocycles. The molecule has 0 aromatic heterocycles. The molecule has 0 spiro atoms. The predicted octanol–water partition coefficient (Wildman–Crippen LogP) is 5.65. The topological polar surface area (TPSA) is 20.3 Å². The van der Waals surface area contributed by atoms with Crippen LogP contribution < -0.4 is 4.90 Å². The van der Waals surface area contributed by atoms with Gasteiger partial charge in [-0.25, -0.2) is 0 Å². The molecule has 1 aliphatic heterocycles. The van der Waals surface area contributed by atoms with Crippen LogP contribution in [0.3, 0.4) is 0 Å². The van der Waals surface area contributed by atoms with Gasteiger partial charge in [0.05, 0.1) is 10.7 Å². The summed E-state index contributed by atoms with van der Waals surface area (Å²) in [5.74, 6) is 0.268. The molecule has 0 unspecified atom stereocenters. The average molecular weight is 354 g/mol. The summed E-state index contributed by atoms with van der Waals surface area (Å²) in [5, 5.41) is 1.29. The Morgan fingerprint density at radius 3 is 2.76 bits per heavy atom. The fourth-order valence-corrected chi connectivity index (χ4v) is 5.86. The third-order valence-electron chi connectivity index (χ3n) is 5.53. The summed E-state index contributed by atoms with van der Waals surface area (Å²) in [4.78, 5) is 16.0. The maximum atomic E-state index is 12.1. The molecule has 0 saturated heterocycles. The van der Waals surface area contributed by atoms with E-state index in [4.69, 9.17) is 0 Å². The molecule has 0 fully saturated rings. The molecule has 0 N–H and O–H groups in total. The quantitative estimate of drug-likeness (QED) is 0.685. The van der Waals surface area contributed by atoms with Crippen molar-refractivity contribution < 1.29 is 4.79 Å². The summed E-state index contributed by atoms with van der Waals surface area (Å²) >= 11 is 1.91. The second-order valence-electron chi connectivity index (χ2n) is 8.29. The second-order valence-corrected chi connectivity index (χ2v) is 9.32. The highest BCUT2D eigenvalue weighted by molar-refractivity contribution is 8.03. The fourth-order valence-electron chi connectivity index (χ4n) is 4.47. The smallest absolute Gasteiger partial charge is 0.156 e. The van der Waals surface area contributed by atoms with Crippen molar-refractivity contribution in [3.8, 4) is 0 Å². The molecule has 0 bridgehead atoms. The Kier molecular flexibility index (Phi) is 4.31. The van der Waals surface area contributed by atoms with Crippen LogP contribution in [0.15, 0.2) is 39.8 Å². The highest BCUT2D eigenvalue weighted by Crippen LogP contribution is 2.50. The Balaban J connectivity index is 1.71. The van der Waals surface area contributed by atoms with Crippen LogP contribution in [0, 0.1) is 5.41 Å². The van der Waals surface area contributed by atoms with E-state index in [9.17, 15) is 4.79 Å². The highest BCUT2D eigenvalue weighted by Gasteiger charge is 2.31. The van der Waals surface area contributed by atoms with Crippen molar-refractivity contribution >= 4 is 23.2 Å². The number of hydrogen-bond acceptors (Lipinski definition) is 3. The summed E-state index contributed by atoms with van der Waals surface area (Å²) in [6.45, 7) is 7.57. The summed E-state index contributed by atoms with van der Waals surface area (Å²) < 4.78 is 0. The molecule has 1 aromatic rings. The minimum atomic E-state index is 0.0740. The number of fused-ring (bicyclic) bond motifs is 3. The Bertz CT molecular complexity index is 787. The number of nitrogens with zero attached hydrogens (tertiary/aromatic N) is 1. The molecule has 2 nitrogen and oxygen atoms in total. The van der Waals surface area contributed by atoms with Crippen molar-refractivity contribution in [2.45, 2.75) is 64.2 Å². The molecule has 0 atom stereocenters. The number of allylic oxidation sites excluding steroid dienone is 3. The standard InChI is InChI=1S/C22H27NOS/c1-4-23-19-10-9-16-7-5-6-8-18(16)21(19)25-20(23)12-15-11-17(24)14-22(2,3)13-15/h9-12H,4-8,13-14H2,1-3H3. The van der Waals surface area contributed by atoms with Crippen LogP contribution in [0.5, 0.6) is 0 Å². The van der Waals surface area contributed by atoms with Crippen molar-refractivity contribution in [1.29, 1.82) is 0 Å². The fraction of sp³-hybridized carbons (Fsp3) is 0.500. The average Bonchev–Trinajstić information content (AvgIpc) is 2.90. The summed E-state index contributed by atoms with van der Waals surface area (Å²) in [6.07, 6.45) is 10.8. The monoisotopic (exact) mass is 353 g/mol. The largest absolute Gasteiger partial charge is 0.335 e. The van der Waals surface area contributed by atoms with Crippen LogP contribution in [0.4, 0.5) is 5.69 Å². The number of hydrogen-bond donors (Lipinski definition) is 0. The zero-order valence-corrected chi connectivity index (χ0v) is 16.3. The van der Waals surface area contributed by atoms with Gasteiger partial charge in [0.1, 0.15) is 0 Å². The van der Waals surface area contributed by atoms with E-state index < -0.39 is 0 Å². The molecule has 3 aliphatic rings. The van der Waals surface area contributed by atoms with Gasteiger partial charge in [0.15, 0.2) is 5.78 Å². The lowest BCUT2D eigenvalue weighted by molar-refractivity contribution is -0.116. The van der Waals surface area contributed by atoms with E-state index >= 15 is 0 Å². The van der Waals surface area contributed by atoms with Crippen LogP contribution in [-0.2, 0) is 17.6 Å². The third-order valence-corrected chi connectivity index (χ3v) is 6.74.